The number of hydrogen-bond donors (Lipinski definition) is 1. The minimum absolute atomic E-state index is 0.504. The number of carboxylic acid groups (broad SMARTS) is 1. The first-order valence-electron chi connectivity index (χ1n) is 8.09. The fourth-order valence-corrected chi connectivity index (χ4v) is 4.74. The predicted octanol–water partition coefficient (Wildman–Crippen LogP) is 3.29. The van der Waals surface area contributed by atoms with E-state index in [1.807, 2.05) is 0 Å². The number of hydrogen-bond acceptors (Lipinski definition) is 2. The summed E-state index contributed by atoms with van der Waals surface area (Å²) in [4.78, 5) is 14.2. The van der Waals surface area contributed by atoms with E-state index in [1.54, 1.807) is 0 Å². The number of likely N-dealkylation sites (tertiary alicyclic amines) is 1. The summed E-state index contributed by atoms with van der Waals surface area (Å²) in [6.45, 7) is 4.34. The Balaban J connectivity index is 1.67. The summed E-state index contributed by atoms with van der Waals surface area (Å²) < 4.78 is 0. The van der Waals surface area contributed by atoms with Gasteiger partial charge in [-0.15, -0.1) is 0 Å². The first-order valence-corrected chi connectivity index (χ1v) is 8.09. The summed E-state index contributed by atoms with van der Waals surface area (Å²) >= 11 is 0. The number of nitrogens with zero attached hydrogens (tertiary/aromatic N) is 1. The van der Waals surface area contributed by atoms with Crippen LogP contribution in [0.1, 0.15) is 64.7 Å². The molecule has 2 aliphatic carbocycles. The van der Waals surface area contributed by atoms with Gasteiger partial charge in [0.05, 0.1) is 0 Å². The average molecular weight is 265 g/mol. The van der Waals surface area contributed by atoms with Crippen LogP contribution < -0.4 is 0 Å². The topological polar surface area (TPSA) is 40.5 Å². The highest BCUT2D eigenvalue weighted by Gasteiger charge is 2.56. The summed E-state index contributed by atoms with van der Waals surface area (Å²) in [5, 5.41) is 9.77. The standard InChI is InChI=1S/C16H27NO2/c1-2-13-5-9-16(10-6-13,14(18)19)17-11-15(12-17)7-3-4-8-15/h13H,2-12H2,1H3,(H,18,19). The Hall–Kier alpha value is -0.570. The smallest absolute Gasteiger partial charge is 0.324 e. The molecule has 2 saturated carbocycles. The van der Waals surface area contributed by atoms with Crippen molar-refractivity contribution in [3.05, 3.63) is 0 Å². The Morgan fingerprint density at radius 3 is 2.21 bits per heavy atom. The highest BCUT2D eigenvalue weighted by molar-refractivity contribution is 5.79. The van der Waals surface area contributed by atoms with E-state index in [0.29, 0.717) is 5.41 Å². The first-order chi connectivity index (χ1) is 9.10. The van der Waals surface area contributed by atoms with Crippen LogP contribution in [0.4, 0.5) is 0 Å². The lowest BCUT2D eigenvalue weighted by molar-refractivity contribution is -0.168. The van der Waals surface area contributed by atoms with Crippen molar-refractivity contribution in [2.45, 2.75) is 70.3 Å². The molecular formula is C16H27NO2. The molecule has 0 amide bonds. The summed E-state index contributed by atoms with van der Waals surface area (Å²) in [6, 6.07) is 0. The molecule has 1 aliphatic heterocycles. The third-order valence-corrected chi connectivity index (χ3v) is 6.23. The van der Waals surface area contributed by atoms with E-state index in [9.17, 15) is 9.90 Å². The Bertz CT molecular complexity index is 344. The predicted molar refractivity (Wildman–Crippen MR) is 75.1 cm³/mol. The van der Waals surface area contributed by atoms with Crippen LogP contribution in [0.3, 0.4) is 0 Å². The van der Waals surface area contributed by atoms with Crippen molar-refractivity contribution in [3.63, 3.8) is 0 Å². The van der Waals surface area contributed by atoms with Crippen LogP contribution in [-0.4, -0.2) is 34.6 Å². The fourth-order valence-electron chi connectivity index (χ4n) is 4.74. The maximum absolute atomic E-state index is 11.9. The first kappa shape index (κ1) is 13.4. The molecule has 0 atom stereocenters. The number of carboxylic acids is 1. The molecule has 0 radical (unpaired) electrons. The second kappa shape index (κ2) is 4.76. The van der Waals surface area contributed by atoms with Crippen molar-refractivity contribution in [2.75, 3.05) is 13.1 Å². The molecule has 3 fully saturated rings. The Morgan fingerprint density at radius 1 is 1.16 bits per heavy atom. The van der Waals surface area contributed by atoms with Crippen molar-refractivity contribution >= 4 is 5.97 Å². The number of aliphatic carboxylic acids is 1. The van der Waals surface area contributed by atoms with Gasteiger partial charge >= 0.3 is 5.97 Å². The van der Waals surface area contributed by atoms with Crippen LogP contribution in [0.2, 0.25) is 0 Å². The van der Waals surface area contributed by atoms with E-state index in [0.717, 1.165) is 44.7 Å². The van der Waals surface area contributed by atoms with Crippen LogP contribution in [0.25, 0.3) is 0 Å². The maximum atomic E-state index is 11.9. The molecule has 1 spiro atoms. The molecule has 3 aliphatic rings. The third kappa shape index (κ3) is 2.10. The SMILES string of the molecule is CCC1CCC(C(=O)O)(N2CC3(CCCC3)C2)CC1. The molecule has 108 valence electrons. The van der Waals surface area contributed by atoms with Crippen LogP contribution in [0, 0.1) is 11.3 Å². The zero-order chi connectivity index (χ0) is 13.5. The lowest BCUT2D eigenvalue weighted by Crippen LogP contribution is -2.68. The molecule has 19 heavy (non-hydrogen) atoms. The third-order valence-electron chi connectivity index (χ3n) is 6.23. The summed E-state index contributed by atoms with van der Waals surface area (Å²) in [5.41, 5.74) is -0.0104. The zero-order valence-corrected chi connectivity index (χ0v) is 12.2. The van der Waals surface area contributed by atoms with Crippen molar-refractivity contribution in [1.82, 2.24) is 4.90 Å². The highest BCUT2D eigenvalue weighted by Crippen LogP contribution is 2.51. The summed E-state index contributed by atoms with van der Waals surface area (Å²) in [7, 11) is 0. The summed E-state index contributed by atoms with van der Waals surface area (Å²) in [5.74, 6) is 0.198. The second-order valence-electron chi connectivity index (χ2n) is 7.25. The Morgan fingerprint density at radius 2 is 1.74 bits per heavy atom. The minimum Gasteiger partial charge on any atom is -0.480 e. The molecule has 0 aromatic rings. The molecule has 3 rings (SSSR count). The van der Waals surface area contributed by atoms with E-state index in [4.69, 9.17) is 0 Å². The van der Waals surface area contributed by atoms with Gasteiger partial charge in [-0.05, 0) is 49.9 Å². The van der Waals surface area contributed by atoms with Gasteiger partial charge in [-0.1, -0.05) is 26.2 Å². The van der Waals surface area contributed by atoms with Crippen LogP contribution >= 0.6 is 0 Å². The van der Waals surface area contributed by atoms with Crippen molar-refractivity contribution < 1.29 is 9.90 Å². The Kier molecular flexibility index (Phi) is 3.36. The second-order valence-corrected chi connectivity index (χ2v) is 7.25. The van der Waals surface area contributed by atoms with E-state index in [1.165, 1.54) is 32.1 Å². The van der Waals surface area contributed by atoms with Gasteiger partial charge in [0.2, 0.25) is 0 Å². The number of rotatable bonds is 3. The van der Waals surface area contributed by atoms with Gasteiger partial charge in [0.1, 0.15) is 5.54 Å². The minimum atomic E-state index is -0.560. The molecule has 0 bridgehead atoms. The maximum Gasteiger partial charge on any atom is 0.324 e. The molecule has 3 heteroatoms. The van der Waals surface area contributed by atoms with Crippen LogP contribution in [-0.2, 0) is 4.79 Å². The van der Waals surface area contributed by atoms with Crippen LogP contribution in [0.15, 0.2) is 0 Å². The lowest BCUT2D eigenvalue weighted by Gasteiger charge is -2.57. The van der Waals surface area contributed by atoms with Gasteiger partial charge in [-0.2, -0.15) is 0 Å². The molecule has 1 N–H and O–H groups in total. The lowest BCUT2D eigenvalue weighted by atomic mass is 9.69. The van der Waals surface area contributed by atoms with E-state index < -0.39 is 11.5 Å². The van der Waals surface area contributed by atoms with Gasteiger partial charge in [0, 0.05) is 13.1 Å². The monoisotopic (exact) mass is 265 g/mol. The highest BCUT2D eigenvalue weighted by atomic mass is 16.4. The van der Waals surface area contributed by atoms with Crippen LogP contribution in [0.5, 0.6) is 0 Å². The van der Waals surface area contributed by atoms with Gasteiger partial charge in [-0.25, -0.2) is 0 Å². The van der Waals surface area contributed by atoms with Crippen molar-refractivity contribution in [2.24, 2.45) is 11.3 Å². The van der Waals surface area contributed by atoms with Gasteiger partial charge in [0.15, 0.2) is 0 Å². The van der Waals surface area contributed by atoms with E-state index in [-0.39, 0.29) is 0 Å². The van der Waals surface area contributed by atoms with E-state index in [2.05, 4.69) is 11.8 Å². The average Bonchev–Trinajstić information content (AvgIpc) is 2.86. The summed E-state index contributed by atoms with van der Waals surface area (Å²) in [6.07, 6.45) is 10.5. The van der Waals surface area contributed by atoms with Gasteiger partial charge in [0.25, 0.3) is 0 Å². The molecule has 0 aromatic heterocycles. The number of carbonyl (C=O) groups is 1. The molecule has 0 aromatic carbocycles. The molecule has 3 nitrogen and oxygen atoms in total. The van der Waals surface area contributed by atoms with E-state index >= 15 is 0 Å². The van der Waals surface area contributed by atoms with Gasteiger partial charge in [-0.3, -0.25) is 9.69 Å². The fraction of sp³-hybridized carbons (Fsp3) is 0.938. The van der Waals surface area contributed by atoms with Crippen molar-refractivity contribution in [3.8, 4) is 0 Å². The zero-order valence-electron chi connectivity index (χ0n) is 12.2. The van der Waals surface area contributed by atoms with Gasteiger partial charge < -0.3 is 5.11 Å². The van der Waals surface area contributed by atoms with Crippen molar-refractivity contribution in [1.29, 1.82) is 0 Å². The molecule has 0 unspecified atom stereocenters. The normalized spacial score (nSPS) is 38.3. The molecule has 1 heterocycles. The Labute approximate surface area is 116 Å². The largest absolute Gasteiger partial charge is 0.480 e. The molecular weight excluding hydrogens is 238 g/mol. The quantitative estimate of drug-likeness (QED) is 0.851. The molecule has 1 saturated heterocycles.